The van der Waals surface area contributed by atoms with Crippen LogP contribution >= 0.6 is 23.5 Å². The van der Waals surface area contributed by atoms with Gasteiger partial charge < -0.3 is 0 Å². The summed E-state index contributed by atoms with van der Waals surface area (Å²) in [4.78, 5) is 2.67. The van der Waals surface area contributed by atoms with Crippen molar-refractivity contribution in [2.45, 2.75) is 13.0 Å². The van der Waals surface area contributed by atoms with Gasteiger partial charge in [-0.1, -0.05) is 48.5 Å². The zero-order valence-corrected chi connectivity index (χ0v) is 16.2. The molecule has 1 aliphatic heterocycles. The molecule has 1 fully saturated rings. The largest absolute Gasteiger partial charge is 0.297 e. The SMILES string of the molecule is c1ccc2c(CN3CCSCCCSCC3)c3ccccc3cc2c1. The minimum atomic E-state index is 1.06. The van der Waals surface area contributed by atoms with Gasteiger partial charge in [-0.2, -0.15) is 23.5 Å². The fourth-order valence-corrected chi connectivity index (χ4v) is 5.69. The molecular formula is C22H25NS2. The third-order valence-corrected chi connectivity index (χ3v) is 7.04. The molecule has 0 aliphatic carbocycles. The van der Waals surface area contributed by atoms with Crippen LogP contribution in [0.2, 0.25) is 0 Å². The van der Waals surface area contributed by atoms with Gasteiger partial charge >= 0.3 is 0 Å². The van der Waals surface area contributed by atoms with Crippen molar-refractivity contribution in [2.24, 2.45) is 0 Å². The fraction of sp³-hybridized carbons (Fsp3) is 0.364. The molecule has 0 radical (unpaired) electrons. The highest BCUT2D eigenvalue weighted by molar-refractivity contribution is 8.00. The van der Waals surface area contributed by atoms with Gasteiger partial charge in [0.25, 0.3) is 0 Å². The first-order valence-corrected chi connectivity index (χ1v) is 11.5. The molecule has 0 atom stereocenters. The molecule has 0 N–H and O–H groups in total. The Labute approximate surface area is 159 Å². The van der Waals surface area contributed by atoms with Crippen molar-refractivity contribution in [3.8, 4) is 0 Å². The van der Waals surface area contributed by atoms with Gasteiger partial charge in [0.05, 0.1) is 0 Å². The molecule has 3 heteroatoms. The number of rotatable bonds is 2. The van der Waals surface area contributed by atoms with Crippen molar-refractivity contribution in [1.29, 1.82) is 0 Å². The maximum absolute atomic E-state index is 2.67. The Hall–Kier alpha value is -1.16. The van der Waals surface area contributed by atoms with Gasteiger partial charge in [0.2, 0.25) is 0 Å². The van der Waals surface area contributed by atoms with E-state index in [1.807, 2.05) is 0 Å². The van der Waals surface area contributed by atoms with Crippen LogP contribution in [0.3, 0.4) is 0 Å². The lowest BCUT2D eigenvalue weighted by atomic mass is 9.96. The fourth-order valence-electron chi connectivity index (χ4n) is 3.63. The topological polar surface area (TPSA) is 3.24 Å². The predicted molar refractivity (Wildman–Crippen MR) is 116 cm³/mol. The summed E-state index contributed by atoms with van der Waals surface area (Å²) in [7, 11) is 0. The van der Waals surface area contributed by atoms with Crippen molar-refractivity contribution in [1.82, 2.24) is 4.90 Å². The number of nitrogens with zero attached hydrogens (tertiary/aromatic N) is 1. The van der Waals surface area contributed by atoms with Crippen LogP contribution < -0.4 is 0 Å². The Morgan fingerprint density at radius 3 is 1.88 bits per heavy atom. The minimum absolute atomic E-state index is 1.06. The van der Waals surface area contributed by atoms with E-state index in [9.17, 15) is 0 Å². The van der Waals surface area contributed by atoms with E-state index in [1.54, 1.807) is 0 Å². The summed E-state index contributed by atoms with van der Waals surface area (Å²) in [6, 6.07) is 20.1. The quantitative estimate of drug-likeness (QED) is 0.538. The van der Waals surface area contributed by atoms with Crippen LogP contribution in [0.1, 0.15) is 12.0 Å². The molecule has 1 aliphatic rings. The summed E-state index contributed by atoms with van der Waals surface area (Å²) in [6.45, 7) is 3.45. The number of benzene rings is 3. The zero-order valence-electron chi connectivity index (χ0n) is 14.6. The van der Waals surface area contributed by atoms with E-state index in [0.29, 0.717) is 0 Å². The third kappa shape index (κ3) is 4.16. The van der Waals surface area contributed by atoms with Crippen molar-refractivity contribution >= 4 is 45.1 Å². The van der Waals surface area contributed by atoms with Crippen LogP contribution in [-0.4, -0.2) is 41.0 Å². The van der Waals surface area contributed by atoms with Gasteiger partial charge in [-0.15, -0.1) is 0 Å². The van der Waals surface area contributed by atoms with Crippen LogP contribution in [0.5, 0.6) is 0 Å². The molecule has 130 valence electrons. The molecule has 3 aromatic rings. The van der Waals surface area contributed by atoms with Crippen molar-refractivity contribution in [3.63, 3.8) is 0 Å². The molecule has 0 bridgehead atoms. The molecule has 3 aromatic carbocycles. The summed E-state index contributed by atoms with van der Waals surface area (Å²) in [5.74, 6) is 5.15. The molecule has 25 heavy (non-hydrogen) atoms. The summed E-state index contributed by atoms with van der Waals surface area (Å²) in [6.07, 6.45) is 1.36. The zero-order chi connectivity index (χ0) is 16.9. The lowest BCUT2D eigenvalue weighted by Crippen LogP contribution is -2.29. The van der Waals surface area contributed by atoms with Gasteiger partial charge in [-0.05, 0) is 51.1 Å². The van der Waals surface area contributed by atoms with E-state index in [2.05, 4.69) is 83.0 Å². The third-order valence-electron chi connectivity index (χ3n) is 4.95. The first-order chi connectivity index (χ1) is 12.4. The molecular weight excluding hydrogens is 342 g/mol. The normalized spacial score (nSPS) is 17.8. The molecule has 4 rings (SSSR count). The highest BCUT2D eigenvalue weighted by atomic mass is 32.2. The monoisotopic (exact) mass is 367 g/mol. The first kappa shape index (κ1) is 17.3. The maximum atomic E-state index is 2.67. The van der Waals surface area contributed by atoms with Crippen LogP contribution in [0.25, 0.3) is 21.5 Å². The summed E-state index contributed by atoms with van der Waals surface area (Å²) < 4.78 is 0. The summed E-state index contributed by atoms with van der Waals surface area (Å²) >= 11 is 4.24. The smallest absolute Gasteiger partial charge is 0.0246 e. The second kappa shape index (κ2) is 8.48. The number of hydrogen-bond acceptors (Lipinski definition) is 3. The number of thioether (sulfide) groups is 2. The van der Waals surface area contributed by atoms with E-state index >= 15 is 0 Å². The van der Waals surface area contributed by atoms with Crippen molar-refractivity contribution < 1.29 is 0 Å². The number of fused-ring (bicyclic) bond motifs is 2. The second-order valence-electron chi connectivity index (χ2n) is 6.65. The van der Waals surface area contributed by atoms with Crippen molar-refractivity contribution in [3.05, 3.63) is 60.2 Å². The lowest BCUT2D eigenvalue weighted by Gasteiger charge is -2.25. The predicted octanol–water partition coefficient (Wildman–Crippen LogP) is 5.67. The van der Waals surface area contributed by atoms with Gasteiger partial charge in [0, 0.05) is 31.1 Å². The van der Waals surface area contributed by atoms with Crippen LogP contribution in [0.4, 0.5) is 0 Å². The maximum Gasteiger partial charge on any atom is 0.0246 e. The molecule has 1 nitrogen and oxygen atoms in total. The van der Waals surface area contributed by atoms with Crippen LogP contribution in [0.15, 0.2) is 54.6 Å². The molecule has 0 unspecified atom stereocenters. The van der Waals surface area contributed by atoms with Crippen LogP contribution in [-0.2, 0) is 6.54 Å². The van der Waals surface area contributed by atoms with Gasteiger partial charge in [-0.3, -0.25) is 4.90 Å². The highest BCUT2D eigenvalue weighted by Gasteiger charge is 2.13. The molecule has 0 spiro atoms. The summed E-state index contributed by atoms with van der Waals surface area (Å²) in [5, 5.41) is 5.55. The summed E-state index contributed by atoms with van der Waals surface area (Å²) in [5.41, 5.74) is 1.50. The van der Waals surface area contributed by atoms with E-state index in [0.717, 1.165) is 6.54 Å². The van der Waals surface area contributed by atoms with E-state index in [4.69, 9.17) is 0 Å². The Balaban J connectivity index is 1.70. The Kier molecular flexibility index (Phi) is 5.86. The van der Waals surface area contributed by atoms with Gasteiger partial charge in [0.1, 0.15) is 0 Å². The Morgan fingerprint density at radius 1 is 0.720 bits per heavy atom. The molecule has 0 saturated carbocycles. The van der Waals surface area contributed by atoms with E-state index in [1.165, 1.54) is 69.6 Å². The Bertz CT molecular complexity index is 782. The first-order valence-electron chi connectivity index (χ1n) is 9.19. The molecule has 1 heterocycles. The van der Waals surface area contributed by atoms with Gasteiger partial charge in [0.15, 0.2) is 0 Å². The van der Waals surface area contributed by atoms with Crippen molar-refractivity contribution in [2.75, 3.05) is 36.1 Å². The lowest BCUT2D eigenvalue weighted by molar-refractivity contribution is 0.303. The van der Waals surface area contributed by atoms with Gasteiger partial charge in [-0.25, -0.2) is 0 Å². The Morgan fingerprint density at radius 2 is 1.28 bits per heavy atom. The standard InChI is InChI=1S/C22H25NS2/c1-3-8-20-18(6-1)16-19-7-2-4-9-21(19)22(20)17-23-10-14-24-12-5-13-25-15-11-23/h1-4,6-9,16H,5,10-15,17H2. The minimum Gasteiger partial charge on any atom is -0.297 e. The highest BCUT2D eigenvalue weighted by Crippen LogP contribution is 2.29. The van der Waals surface area contributed by atoms with E-state index < -0.39 is 0 Å². The average Bonchev–Trinajstić information content (AvgIpc) is 2.66. The average molecular weight is 368 g/mol. The second-order valence-corrected chi connectivity index (χ2v) is 9.10. The van der Waals surface area contributed by atoms with E-state index in [-0.39, 0.29) is 0 Å². The molecule has 0 amide bonds. The number of hydrogen-bond donors (Lipinski definition) is 0. The molecule has 0 aromatic heterocycles. The molecule has 1 saturated heterocycles. The van der Waals surface area contributed by atoms with Crippen LogP contribution in [0, 0.1) is 0 Å².